The molecule has 1 aromatic carbocycles. The number of rotatable bonds is 3. The molecule has 0 spiro atoms. The first-order valence-corrected chi connectivity index (χ1v) is 6.39. The minimum atomic E-state index is -1.05. The van der Waals surface area contributed by atoms with Crippen molar-refractivity contribution in [3.05, 3.63) is 52.7 Å². The summed E-state index contributed by atoms with van der Waals surface area (Å²) in [6.45, 7) is 1.99. The Kier molecular flexibility index (Phi) is 3.89. The van der Waals surface area contributed by atoms with Gasteiger partial charge in [0.2, 0.25) is 0 Å². The second-order valence-electron chi connectivity index (χ2n) is 3.70. The third-order valence-corrected chi connectivity index (χ3v) is 3.78. The number of aryl methyl sites for hydroxylation is 1. The van der Waals surface area contributed by atoms with Gasteiger partial charge in [-0.25, -0.2) is 9.78 Å². The van der Waals surface area contributed by atoms with Gasteiger partial charge in [0.25, 0.3) is 0 Å². The van der Waals surface area contributed by atoms with Crippen molar-refractivity contribution < 1.29 is 9.90 Å². The van der Waals surface area contributed by atoms with E-state index in [2.05, 4.69) is 4.98 Å². The molecular weight excluding hydrogens is 270 g/mol. The van der Waals surface area contributed by atoms with Crippen LogP contribution in [0, 0.1) is 6.92 Å². The molecule has 1 aromatic heterocycles. The highest BCUT2D eigenvalue weighted by Crippen LogP contribution is 2.33. The molecule has 1 N–H and O–H groups in total. The minimum absolute atomic E-state index is 0.0711. The molecule has 0 amide bonds. The van der Waals surface area contributed by atoms with Crippen LogP contribution >= 0.6 is 23.4 Å². The van der Waals surface area contributed by atoms with Crippen LogP contribution in [0.25, 0.3) is 0 Å². The predicted molar refractivity (Wildman–Crippen MR) is 71.5 cm³/mol. The zero-order chi connectivity index (χ0) is 13.1. The average Bonchev–Trinajstić information content (AvgIpc) is 2.31. The summed E-state index contributed by atoms with van der Waals surface area (Å²) in [4.78, 5) is 16.1. The summed E-state index contributed by atoms with van der Waals surface area (Å²) in [6.07, 6.45) is 1.45. The highest BCUT2D eigenvalue weighted by Gasteiger charge is 2.14. The summed E-state index contributed by atoms with van der Waals surface area (Å²) in [5.74, 6) is -1.05. The van der Waals surface area contributed by atoms with Crippen LogP contribution in [0.1, 0.15) is 15.9 Å². The number of benzene rings is 1. The molecule has 18 heavy (non-hydrogen) atoms. The van der Waals surface area contributed by atoms with E-state index in [0.717, 1.165) is 10.5 Å². The molecule has 0 saturated carbocycles. The predicted octanol–water partition coefficient (Wildman–Crippen LogP) is 3.89. The van der Waals surface area contributed by atoms with Gasteiger partial charge in [-0.3, -0.25) is 0 Å². The Bertz CT molecular complexity index is 601. The van der Waals surface area contributed by atoms with E-state index in [1.54, 1.807) is 0 Å². The summed E-state index contributed by atoms with van der Waals surface area (Å²) in [5, 5.41) is 9.66. The molecule has 2 aromatic rings. The standard InChI is InChI=1S/C13H10ClNO2S/c1-8-3-2-4-9(7-8)18-12-11(14)10(13(16)17)5-6-15-12/h2-7H,1H3,(H,16,17). The van der Waals surface area contributed by atoms with Crippen LogP contribution in [0.15, 0.2) is 46.5 Å². The molecule has 0 atom stereocenters. The Hall–Kier alpha value is -1.52. The van der Waals surface area contributed by atoms with Gasteiger partial charge in [-0.1, -0.05) is 41.1 Å². The average molecular weight is 280 g/mol. The SMILES string of the molecule is Cc1cccc(Sc2nccc(C(=O)O)c2Cl)c1. The van der Waals surface area contributed by atoms with Crippen LogP contribution in [-0.4, -0.2) is 16.1 Å². The van der Waals surface area contributed by atoms with E-state index in [4.69, 9.17) is 16.7 Å². The van der Waals surface area contributed by atoms with Crippen molar-refractivity contribution in [2.45, 2.75) is 16.8 Å². The Labute approximate surface area is 114 Å². The van der Waals surface area contributed by atoms with E-state index >= 15 is 0 Å². The number of nitrogens with zero attached hydrogens (tertiary/aromatic N) is 1. The van der Waals surface area contributed by atoms with Crippen LogP contribution in [-0.2, 0) is 0 Å². The molecule has 0 radical (unpaired) electrons. The van der Waals surface area contributed by atoms with Gasteiger partial charge in [-0.15, -0.1) is 0 Å². The third kappa shape index (κ3) is 2.83. The molecule has 0 saturated heterocycles. The number of carbonyl (C=O) groups is 1. The lowest BCUT2D eigenvalue weighted by molar-refractivity contribution is 0.0696. The quantitative estimate of drug-likeness (QED) is 0.926. The highest BCUT2D eigenvalue weighted by atomic mass is 35.5. The lowest BCUT2D eigenvalue weighted by Crippen LogP contribution is -1.99. The highest BCUT2D eigenvalue weighted by molar-refractivity contribution is 7.99. The van der Waals surface area contributed by atoms with E-state index in [1.807, 2.05) is 31.2 Å². The number of carboxylic acid groups (broad SMARTS) is 1. The Morgan fingerprint density at radius 3 is 2.83 bits per heavy atom. The van der Waals surface area contributed by atoms with E-state index in [9.17, 15) is 4.79 Å². The number of aromatic carboxylic acids is 1. The molecule has 0 aliphatic carbocycles. The Balaban J connectivity index is 2.35. The van der Waals surface area contributed by atoms with E-state index in [0.29, 0.717) is 5.03 Å². The third-order valence-electron chi connectivity index (χ3n) is 2.29. The van der Waals surface area contributed by atoms with Gasteiger partial charge in [-0.2, -0.15) is 0 Å². The van der Waals surface area contributed by atoms with Gasteiger partial charge in [0.05, 0.1) is 10.6 Å². The number of hydrogen-bond acceptors (Lipinski definition) is 3. The van der Waals surface area contributed by atoms with E-state index < -0.39 is 5.97 Å². The molecule has 3 nitrogen and oxygen atoms in total. The molecule has 0 aliphatic heterocycles. The molecular formula is C13H10ClNO2S. The van der Waals surface area contributed by atoms with Gasteiger partial charge in [0, 0.05) is 11.1 Å². The van der Waals surface area contributed by atoms with Gasteiger partial charge in [0.1, 0.15) is 5.03 Å². The zero-order valence-corrected chi connectivity index (χ0v) is 11.1. The smallest absolute Gasteiger partial charge is 0.337 e. The number of pyridine rings is 1. The van der Waals surface area contributed by atoms with Crippen molar-refractivity contribution in [1.29, 1.82) is 0 Å². The fraction of sp³-hybridized carbons (Fsp3) is 0.0769. The lowest BCUT2D eigenvalue weighted by Gasteiger charge is -2.06. The number of hydrogen-bond donors (Lipinski definition) is 1. The summed E-state index contributed by atoms with van der Waals surface area (Å²) in [5.41, 5.74) is 1.20. The Morgan fingerprint density at radius 2 is 2.17 bits per heavy atom. The van der Waals surface area contributed by atoms with Gasteiger partial charge < -0.3 is 5.11 Å². The molecule has 0 fully saturated rings. The second-order valence-corrected chi connectivity index (χ2v) is 5.14. The van der Waals surface area contributed by atoms with Crippen LogP contribution < -0.4 is 0 Å². The maximum absolute atomic E-state index is 11.0. The van der Waals surface area contributed by atoms with E-state index in [-0.39, 0.29) is 10.6 Å². The fourth-order valence-electron chi connectivity index (χ4n) is 1.45. The fourth-order valence-corrected chi connectivity index (χ4v) is 2.69. The maximum Gasteiger partial charge on any atom is 0.337 e. The van der Waals surface area contributed by atoms with Crippen LogP contribution in [0.3, 0.4) is 0 Å². The largest absolute Gasteiger partial charge is 0.478 e. The molecule has 5 heteroatoms. The maximum atomic E-state index is 11.0. The van der Waals surface area contributed by atoms with Crippen molar-refractivity contribution in [3.8, 4) is 0 Å². The molecule has 0 bridgehead atoms. The molecule has 0 aliphatic rings. The normalized spacial score (nSPS) is 10.3. The molecule has 1 heterocycles. The number of halogens is 1. The lowest BCUT2D eigenvalue weighted by atomic mass is 10.2. The topological polar surface area (TPSA) is 50.2 Å². The van der Waals surface area contributed by atoms with Crippen molar-refractivity contribution >= 4 is 29.3 Å². The first-order chi connectivity index (χ1) is 8.58. The Morgan fingerprint density at radius 1 is 1.39 bits per heavy atom. The molecule has 2 rings (SSSR count). The number of aromatic nitrogens is 1. The van der Waals surface area contributed by atoms with Crippen molar-refractivity contribution in [3.63, 3.8) is 0 Å². The van der Waals surface area contributed by atoms with Crippen LogP contribution in [0.2, 0.25) is 5.02 Å². The first kappa shape index (κ1) is 12.9. The summed E-state index contributed by atoms with van der Waals surface area (Å²) >= 11 is 7.38. The zero-order valence-electron chi connectivity index (χ0n) is 9.55. The van der Waals surface area contributed by atoms with Crippen LogP contribution in [0.4, 0.5) is 0 Å². The van der Waals surface area contributed by atoms with Crippen LogP contribution in [0.5, 0.6) is 0 Å². The first-order valence-electron chi connectivity index (χ1n) is 5.20. The van der Waals surface area contributed by atoms with Crippen molar-refractivity contribution in [1.82, 2.24) is 4.98 Å². The van der Waals surface area contributed by atoms with E-state index in [1.165, 1.54) is 24.0 Å². The van der Waals surface area contributed by atoms with Gasteiger partial charge in [0.15, 0.2) is 0 Å². The summed E-state index contributed by atoms with van der Waals surface area (Å²) in [7, 11) is 0. The van der Waals surface area contributed by atoms with Gasteiger partial charge >= 0.3 is 5.97 Å². The molecule has 0 unspecified atom stereocenters. The molecule has 92 valence electrons. The second kappa shape index (κ2) is 5.42. The summed E-state index contributed by atoms with van der Waals surface area (Å²) in [6, 6.07) is 9.25. The van der Waals surface area contributed by atoms with Crippen molar-refractivity contribution in [2.24, 2.45) is 0 Å². The van der Waals surface area contributed by atoms with Crippen molar-refractivity contribution in [2.75, 3.05) is 0 Å². The monoisotopic (exact) mass is 279 g/mol. The summed E-state index contributed by atoms with van der Waals surface area (Å²) < 4.78 is 0. The number of carboxylic acids is 1. The van der Waals surface area contributed by atoms with Gasteiger partial charge in [-0.05, 0) is 25.1 Å². The minimum Gasteiger partial charge on any atom is -0.478 e.